The Hall–Kier alpha value is -1.65. The lowest BCUT2D eigenvalue weighted by Crippen LogP contribution is -2.45. The monoisotopic (exact) mass is 292 g/mol. The second-order valence-electron chi connectivity index (χ2n) is 7.41. The van der Waals surface area contributed by atoms with Gasteiger partial charge in [0.1, 0.15) is 0 Å². The van der Waals surface area contributed by atoms with E-state index >= 15 is 0 Å². The van der Waals surface area contributed by atoms with Crippen LogP contribution in [0.25, 0.3) is 0 Å². The number of non-ortho nitro benzene ring substituents is 1. The molecule has 0 amide bonds. The average Bonchev–Trinajstić information content (AvgIpc) is 2.87. The van der Waals surface area contributed by atoms with Gasteiger partial charge in [-0.3, -0.25) is 10.1 Å². The van der Waals surface area contributed by atoms with E-state index in [1.165, 1.54) is 25.0 Å². The van der Waals surface area contributed by atoms with Crippen molar-refractivity contribution in [3.63, 3.8) is 0 Å². The van der Waals surface area contributed by atoms with Crippen LogP contribution in [-0.4, -0.2) is 11.0 Å². The third-order valence-electron chi connectivity index (χ3n) is 5.73. The molecule has 2 aliphatic carbocycles. The van der Waals surface area contributed by atoms with Crippen molar-refractivity contribution < 1.29 is 9.31 Å². The molecule has 0 aromatic heterocycles. The first-order valence-corrected chi connectivity index (χ1v) is 7.44. The Kier molecular flexibility index (Phi) is 3.01. The van der Waals surface area contributed by atoms with Crippen LogP contribution in [0.1, 0.15) is 40.0 Å². The van der Waals surface area contributed by atoms with Crippen LogP contribution in [-0.2, 0) is 0 Å². The van der Waals surface area contributed by atoms with E-state index in [9.17, 15) is 14.5 Å². The van der Waals surface area contributed by atoms with Gasteiger partial charge < -0.3 is 5.32 Å². The number of hydrogen-bond acceptors (Lipinski definition) is 3. The topological polar surface area (TPSA) is 55.2 Å². The van der Waals surface area contributed by atoms with E-state index in [0.717, 1.165) is 12.5 Å². The van der Waals surface area contributed by atoms with Gasteiger partial charge in [0.15, 0.2) is 5.82 Å². The molecule has 4 nitrogen and oxygen atoms in total. The zero-order valence-corrected chi connectivity index (χ0v) is 12.6. The minimum absolute atomic E-state index is 0.112. The number of nitrogens with one attached hydrogen (secondary N) is 1. The highest BCUT2D eigenvalue weighted by Crippen LogP contribution is 2.63. The molecule has 5 heteroatoms. The Labute approximate surface area is 123 Å². The molecular formula is C16H21FN2O2. The first kappa shape index (κ1) is 14.3. The lowest BCUT2D eigenvalue weighted by Gasteiger charge is -2.43. The third-order valence-corrected chi connectivity index (χ3v) is 5.73. The molecule has 1 aromatic carbocycles. The summed E-state index contributed by atoms with van der Waals surface area (Å²) in [4.78, 5) is 10.1. The fourth-order valence-corrected chi connectivity index (χ4v) is 4.55. The quantitative estimate of drug-likeness (QED) is 0.665. The van der Waals surface area contributed by atoms with Gasteiger partial charge in [-0.15, -0.1) is 0 Å². The molecule has 2 saturated carbocycles. The van der Waals surface area contributed by atoms with E-state index in [-0.39, 0.29) is 22.6 Å². The first-order valence-electron chi connectivity index (χ1n) is 7.44. The van der Waals surface area contributed by atoms with Gasteiger partial charge in [0.2, 0.25) is 0 Å². The van der Waals surface area contributed by atoms with Crippen molar-refractivity contribution >= 4 is 11.4 Å². The predicted octanol–water partition coefficient (Wildman–Crippen LogP) is 4.36. The van der Waals surface area contributed by atoms with Crippen molar-refractivity contribution in [2.75, 3.05) is 5.32 Å². The lowest BCUT2D eigenvalue weighted by molar-refractivity contribution is -0.385. The molecule has 0 aliphatic heterocycles. The maximum atomic E-state index is 14.1. The van der Waals surface area contributed by atoms with E-state index in [1.54, 1.807) is 0 Å². The Morgan fingerprint density at radius 3 is 2.62 bits per heavy atom. The standard InChI is InChI=1S/C16H21FN2O2/c1-15(2)10-6-7-16(3,9-10)14(15)18-13-5-4-11(19(20)21)8-12(13)17/h4-5,8,10,14,18H,6-7,9H2,1-3H3/t10-,14?,16+/m0/s1. The fraction of sp³-hybridized carbons (Fsp3) is 0.625. The summed E-state index contributed by atoms with van der Waals surface area (Å²) in [5.41, 5.74) is 0.452. The van der Waals surface area contributed by atoms with E-state index in [0.29, 0.717) is 11.6 Å². The lowest BCUT2D eigenvalue weighted by atomic mass is 9.68. The van der Waals surface area contributed by atoms with Gasteiger partial charge in [0.25, 0.3) is 5.69 Å². The molecular weight excluding hydrogens is 271 g/mol. The molecule has 2 aliphatic rings. The molecule has 2 fully saturated rings. The maximum absolute atomic E-state index is 14.1. The largest absolute Gasteiger partial charge is 0.379 e. The smallest absolute Gasteiger partial charge is 0.272 e. The van der Waals surface area contributed by atoms with Crippen LogP contribution < -0.4 is 5.32 Å². The van der Waals surface area contributed by atoms with E-state index < -0.39 is 10.7 Å². The SMILES string of the molecule is CC1(C)C(Nc2ccc([N+](=O)[O-])cc2F)[C@]2(C)CC[C@H]1C2. The average molecular weight is 292 g/mol. The predicted molar refractivity (Wildman–Crippen MR) is 79.7 cm³/mol. The van der Waals surface area contributed by atoms with E-state index in [4.69, 9.17) is 0 Å². The minimum Gasteiger partial charge on any atom is -0.379 e. The van der Waals surface area contributed by atoms with Crippen LogP contribution in [0.2, 0.25) is 0 Å². The van der Waals surface area contributed by atoms with Crippen LogP contribution in [0.3, 0.4) is 0 Å². The number of hydrogen-bond donors (Lipinski definition) is 1. The zero-order chi connectivity index (χ0) is 15.4. The molecule has 2 bridgehead atoms. The minimum atomic E-state index is -0.574. The number of nitrogens with zero attached hydrogens (tertiary/aromatic N) is 1. The van der Waals surface area contributed by atoms with Crippen molar-refractivity contribution in [3.05, 3.63) is 34.1 Å². The van der Waals surface area contributed by atoms with Gasteiger partial charge in [-0.1, -0.05) is 20.8 Å². The first-order chi connectivity index (χ1) is 9.74. The highest BCUT2D eigenvalue weighted by Gasteiger charge is 2.59. The fourth-order valence-electron chi connectivity index (χ4n) is 4.55. The van der Waals surface area contributed by atoms with Crippen LogP contribution in [0.5, 0.6) is 0 Å². The van der Waals surface area contributed by atoms with Gasteiger partial charge in [-0.2, -0.15) is 0 Å². The summed E-state index contributed by atoms with van der Waals surface area (Å²) in [7, 11) is 0. The number of nitro groups is 1. The van der Waals surface area contributed by atoms with Gasteiger partial charge in [-0.25, -0.2) is 4.39 Å². The molecule has 0 heterocycles. The Morgan fingerprint density at radius 2 is 2.10 bits per heavy atom. The molecule has 3 rings (SSSR count). The third kappa shape index (κ3) is 2.10. The molecule has 21 heavy (non-hydrogen) atoms. The normalized spacial score (nSPS) is 33.1. The molecule has 3 atom stereocenters. The summed E-state index contributed by atoms with van der Waals surface area (Å²) in [5, 5.41) is 14.0. The highest BCUT2D eigenvalue weighted by molar-refractivity contribution is 5.51. The zero-order valence-electron chi connectivity index (χ0n) is 12.6. The van der Waals surface area contributed by atoms with Gasteiger partial charge in [-0.05, 0) is 42.1 Å². The molecule has 1 unspecified atom stereocenters. The molecule has 1 N–H and O–H groups in total. The second-order valence-corrected chi connectivity index (χ2v) is 7.41. The Balaban J connectivity index is 1.88. The van der Waals surface area contributed by atoms with Gasteiger partial charge in [0.05, 0.1) is 16.7 Å². The number of fused-ring (bicyclic) bond motifs is 2. The molecule has 0 spiro atoms. The number of benzene rings is 1. The second kappa shape index (κ2) is 4.42. The summed E-state index contributed by atoms with van der Waals surface area (Å²) >= 11 is 0. The van der Waals surface area contributed by atoms with Gasteiger partial charge in [0, 0.05) is 12.1 Å². The number of nitro benzene ring substituents is 1. The summed E-state index contributed by atoms with van der Waals surface area (Å²) in [5.74, 6) is 0.118. The molecule has 114 valence electrons. The van der Waals surface area contributed by atoms with Crippen molar-refractivity contribution in [1.29, 1.82) is 0 Å². The summed E-state index contributed by atoms with van der Waals surface area (Å²) in [6.45, 7) is 6.74. The van der Waals surface area contributed by atoms with Crippen molar-refractivity contribution in [3.8, 4) is 0 Å². The number of halogens is 1. The van der Waals surface area contributed by atoms with Crippen LogP contribution in [0, 0.1) is 32.7 Å². The van der Waals surface area contributed by atoms with Crippen molar-refractivity contribution in [1.82, 2.24) is 0 Å². The summed E-state index contributed by atoms with van der Waals surface area (Å²) in [6, 6.07) is 4.03. The number of rotatable bonds is 3. The van der Waals surface area contributed by atoms with Crippen LogP contribution in [0.15, 0.2) is 18.2 Å². The number of anilines is 1. The van der Waals surface area contributed by atoms with Crippen LogP contribution >= 0.6 is 0 Å². The van der Waals surface area contributed by atoms with Gasteiger partial charge >= 0.3 is 0 Å². The maximum Gasteiger partial charge on any atom is 0.272 e. The molecule has 0 saturated heterocycles. The summed E-state index contributed by atoms with van der Waals surface area (Å²) in [6.07, 6.45) is 3.57. The van der Waals surface area contributed by atoms with Crippen molar-refractivity contribution in [2.45, 2.75) is 46.1 Å². The van der Waals surface area contributed by atoms with Crippen molar-refractivity contribution in [2.24, 2.45) is 16.7 Å². The molecule has 1 aromatic rings. The Bertz CT molecular complexity index is 597. The van der Waals surface area contributed by atoms with E-state index in [2.05, 4.69) is 26.1 Å². The summed E-state index contributed by atoms with van der Waals surface area (Å²) < 4.78 is 14.1. The molecule has 0 radical (unpaired) electrons. The van der Waals surface area contributed by atoms with Crippen LogP contribution in [0.4, 0.5) is 15.8 Å². The Morgan fingerprint density at radius 1 is 1.38 bits per heavy atom. The van der Waals surface area contributed by atoms with E-state index in [1.807, 2.05) is 0 Å². The highest BCUT2D eigenvalue weighted by atomic mass is 19.1.